The first-order valence-electron chi connectivity index (χ1n) is 10.3. The van der Waals surface area contributed by atoms with Crippen molar-refractivity contribution in [3.63, 3.8) is 0 Å². The number of carbonyl (C=O) groups is 2. The number of hydrogen-bond donors (Lipinski definition) is 0. The first-order chi connectivity index (χ1) is 14.6. The van der Waals surface area contributed by atoms with Crippen LogP contribution in [0.1, 0.15) is 54.4 Å². The first kappa shape index (κ1) is 19.0. The molecule has 0 radical (unpaired) electrons. The number of likely N-dealkylation sites (tertiary alicyclic amines) is 1. The predicted octanol–water partition coefficient (Wildman–Crippen LogP) is 4.92. The number of amides is 2. The van der Waals surface area contributed by atoms with Crippen LogP contribution in [0, 0.1) is 0 Å². The van der Waals surface area contributed by atoms with E-state index in [0.717, 1.165) is 45.7 Å². The van der Waals surface area contributed by atoms with E-state index in [4.69, 9.17) is 4.98 Å². The second-order valence-electron chi connectivity index (χ2n) is 7.86. The third-order valence-electron chi connectivity index (χ3n) is 6.01. The molecule has 2 aliphatic heterocycles. The Morgan fingerprint density at radius 3 is 2.77 bits per heavy atom. The van der Waals surface area contributed by atoms with Gasteiger partial charge in [0.2, 0.25) is 11.8 Å². The molecule has 0 spiro atoms. The zero-order valence-electron chi connectivity index (χ0n) is 16.8. The maximum Gasteiger partial charge on any atom is 0.225 e. The van der Waals surface area contributed by atoms with E-state index >= 15 is 0 Å². The van der Waals surface area contributed by atoms with Gasteiger partial charge in [-0.05, 0) is 42.2 Å². The zero-order chi connectivity index (χ0) is 20.7. The van der Waals surface area contributed by atoms with Crippen molar-refractivity contribution in [3.05, 3.63) is 70.9 Å². The first-order valence-corrected chi connectivity index (χ1v) is 11.1. The molecule has 5 nitrogen and oxygen atoms in total. The summed E-state index contributed by atoms with van der Waals surface area (Å²) in [6.07, 6.45) is 5.94. The molecule has 2 amide bonds. The second kappa shape index (κ2) is 7.69. The van der Waals surface area contributed by atoms with Crippen molar-refractivity contribution in [3.8, 4) is 0 Å². The molecule has 6 heteroatoms. The molecule has 2 unspecified atom stereocenters. The average Bonchev–Trinajstić information content (AvgIpc) is 3.40. The van der Waals surface area contributed by atoms with E-state index in [-0.39, 0.29) is 30.3 Å². The van der Waals surface area contributed by atoms with Crippen LogP contribution in [0.2, 0.25) is 0 Å². The largest absolute Gasteiger partial charge is 0.333 e. The normalized spacial score (nSPS) is 20.6. The van der Waals surface area contributed by atoms with Gasteiger partial charge in [-0.15, -0.1) is 11.3 Å². The fraction of sp³-hybridized carbons (Fsp3) is 0.292. The van der Waals surface area contributed by atoms with E-state index in [9.17, 15) is 9.59 Å². The average molecular weight is 418 g/mol. The van der Waals surface area contributed by atoms with Crippen molar-refractivity contribution in [2.75, 3.05) is 6.54 Å². The Morgan fingerprint density at radius 1 is 1.13 bits per heavy atom. The minimum atomic E-state index is -0.271. The van der Waals surface area contributed by atoms with E-state index in [0.29, 0.717) is 0 Å². The molecule has 152 valence electrons. The van der Waals surface area contributed by atoms with Crippen LogP contribution in [-0.4, -0.2) is 33.1 Å². The van der Waals surface area contributed by atoms with E-state index in [1.165, 1.54) is 0 Å². The van der Waals surface area contributed by atoms with Gasteiger partial charge in [0.25, 0.3) is 0 Å². The third-order valence-corrected chi connectivity index (χ3v) is 7.14. The number of carbonyl (C=O) groups excluding carboxylic acids is 2. The van der Waals surface area contributed by atoms with Gasteiger partial charge in [-0.2, -0.15) is 0 Å². The van der Waals surface area contributed by atoms with Crippen LogP contribution in [-0.2, 0) is 9.59 Å². The van der Waals surface area contributed by atoms with Crippen molar-refractivity contribution in [2.45, 2.75) is 38.3 Å². The predicted molar refractivity (Wildman–Crippen MR) is 119 cm³/mol. The number of aromatic nitrogens is 1. The van der Waals surface area contributed by atoms with Crippen molar-refractivity contribution < 1.29 is 9.59 Å². The molecule has 3 heterocycles. The van der Waals surface area contributed by atoms with Crippen molar-refractivity contribution in [1.29, 1.82) is 0 Å². The number of hydrogen-bond acceptors (Lipinski definition) is 4. The summed E-state index contributed by atoms with van der Waals surface area (Å²) in [4.78, 5) is 34.1. The molecule has 1 aromatic heterocycles. The summed E-state index contributed by atoms with van der Waals surface area (Å²) in [5, 5.41) is 1.01. The number of rotatable bonds is 3. The number of fused-ring (bicyclic) bond motifs is 2. The third kappa shape index (κ3) is 3.31. The second-order valence-corrected chi connectivity index (χ2v) is 8.92. The molecule has 3 aromatic rings. The van der Waals surface area contributed by atoms with Crippen LogP contribution in [0.25, 0.3) is 16.3 Å². The topological polar surface area (TPSA) is 53.5 Å². The van der Waals surface area contributed by atoms with Gasteiger partial charge in [-0.1, -0.05) is 36.4 Å². The van der Waals surface area contributed by atoms with Gasteiger partial charge < -0.3 is 9.80 Å². The quantitative estimate of drug-likeness (QED) is 0.608. The molecule has 30 heavy (non-hydrogen) atoms. The maximum absolute atomic E-state index is 13.4. The van der Waals surface area contributed by atoms with Gasteiger partial charge in [-0.25, -0.2) is 4.98 Å². The van der Waals surface area contributed by atoms with Crippen molar-refractivity contribution in [1.82, 2.24) is 14.8 Å². The number of nitrogens with zero attached hydrogens (tertiary/aromatic N) is 3. The van der Waals surface area contributed by atoms with E-state index in [1.54, 1.807) is 29.4 Å². The summed E-state index contributed by atoms with van der Waals surface area (Å²) in [7, 11) is 0. The van der Waals surface area contributed by atoms with Crippen LogP contribution >= 0.6 is 11.3 Å². The molecular weight excluding hydrogens is 394 g/mol. The SMILES string of the molecule is CC(=O)N1C=Cc2ccccc2C1CC(=O)N1CCCC1c1nc2ccccc2s1. The summed E-state index contributed by atoms with van der Waals surface area (Å²) < 4.78 is 1.15. The molecule has 2 aliphatic rings. The highest BCUT2D eigenvalue weighted by atomic mass is 32.1. The standard InChI is InChI=1S/C24H23N3O2S/c1-16(28)26-14-12-17-7-2-3-8-18(17)21(26)15-23(29)27-13-6-10-20(27)24-25-19-9-4-5-11-22(19)30-24/h2-5,7-9,11-12,14,20-21H,6,10,13,15H2,1H3. The Bertz CT molecular complexity index is 1120. The molecular formula is C24H23N3O2S. The molecule has 2 aromatic carbocycles. The van der Waals surface area contributed by atoms with Gasteiger partial charge in [0.15, 0.2) is 0 Å². The molecule has 1 fully saturated rings. The Balaban J connectivity index is 1.42. The molecule has 1 saturated heterocycles. The van der Waals surface area contributed by atoms with Crippen molar-refractivity contribution in [2.24, 2.45) is 0 Å². The van der Waals surface area contributed by atoms with Crippen LogP contribution in [0.4, 0.5) is 0 Å². The van der Waals surface area contributed by atoms with Gasteiger partial charge in [0.1, 0.15) is 5.01 Å². The zero-order valence-corrected chi connectivity index (χ0v) is 17.6. The van der Waals surface area contributed by atoms with Gasteiger partial charge in [-0.3, -0.25) is 9.59 Å². The van der Waals surface area contributed by atoms with Crippen LogP contribution in [0.15, 0.2) is 54.7 Å². The van der Waals surface area contributed by atoms with Crippen LogP contribution in [0.5, 0.6) is 0 Å². The summed E-state index contributed by atoms with van der Waals surface area (Å²) in [6, 6.07) is 15.9. The fourth-order valence-corrected chi connectivity index (χ4v) is 5.67. The molecule has 2 atom stereocenters. The molecule has 0 N–H and O–H groups in total. The van der Waals surface area contributed by atoms with E-state index in [1.807, 2.05) is 53.4 Å². The lowest BCUT2D eigenvalue weighted by Crippen LogP contribution is -2.37. The number of thiazole rings is 1. The summed E-state index contributed by atoms with van der Waals surface area (Å²) in [6.45, 7) is 2.29. The van der Waals surface area contributed by atoms with Crippen LogP contribution in [0.3, 0.4) is 0 Å². The highest BCUT2D eigenvalue weighted by Gasteiger charge is 2.35. The highest BCUT2D eigenvalue weighted by molar-refractivity contribution is 7.18. The van der Waals surface area contributed by atoms with Gasteiger partial charge >= 0.3 is 0 Å². The lowest BCUT2D eigenvalue weighted by atomic mass is 9.93. The van der Waals surface area contributed by atoms with Crippen LogP contribution < -0.4 is 0 Å². The van der Waals surface area contributed by atoms with Crippen molar-refractivity contribution >= 4 is 39.4 Å². The number of para-hydroxylation sites is 1. The summed E-state index contributed by atoms with van der Waals surface area (Å²) >= 11 is 1.68. The molecule has 0 aliphatic carbocycles. The summed E-state index contributed by atoms with van der Waals surface area (Å²) in [5.41, 5.74) is 3.09. The van der Waals surface area contributed by atoms with Gasteiger partial charge in [0.05, 0.1) is 28.7 Å². The lowest BCUT2D eigenvalue weighted by molar-refractivity contribution is -0.135. The number of benzene rings is 2. The van der Waals surface area contributed by atoms with E-state index < -0.39 is 0 Å². The Kier molecular flexibility index (Phi) is 4.87. The molecule has 5 rings (SSSR count). The minimum Gasteiger partial charge on any atom is -0.333 e. The van der Waals surface area contributed by atoms with E-state index in [2.05, 4.69) is 6.07 Å². The Morgan fingerprint density at radius 2 is 1.93 bits per heavy atom. The maximum atomic E-state index is 13.4. The molecule has 0 bridgehead atoms. The summed E-state index contributed by atoms with van der Waals surface area (Å²) in [5.74, 6) is 0.0285. The smallest absolute Gasteiger partial charge is 0.225 e. The lowest BCUT2D eigenvalue weighted by Gasteiger charge is -2.34. The monoisotopic (exact) mass is 417 g/mol. The highest BCUT2D eigenvalue weighted by Crippen LogP contribution is 2.39. The molecule has 0 saturated carbocycles. The van der Waals surface area contributed by atoms with Gasteiger partial charge in [0, 0.05) is 19.7 Å². The Labute approximate surface area is 179 Å². The fourth-order valence-electron chi connectivity index (χ4n) is 4.55. The Hall–Kier alpha value is -2.99. The minimum absolute atomic E-state index is 0.0232.